The van der Waals surface area contributed by atoms with Crippen molar-refractivity contribution in [2.75, 3.05) is 6.54 Å². The third-order valence-electron chi connectivity index (χ3n) is 2.10. The average Bonchev–Trinajstić information content (AvgIpc) is 2.14. The van der Waals surface area contributed by atoms with Crippen LogP contribution in [0.25, 0.3) is 0 Å². The first kappa shape index (κ1) is 11.1. The predicted octanol–water partition coefficient (Wildman–Crippen LogP) is 2.18. The summed E-state index contributed by atoms with van der Waals surface area (Å²) in [6.07, 6.45) is 3.47. The topological polar surface area (TPSA) is 38.9 Å². The monoisotopic (exact) mass is 196 g/mol. The van der Waals surface area contributed by atoms with E-state index in [0.717, 1.165) is 18.4 Å². The zero-order valence-corrected chi connectivity index (χ0v) is 8.76. The van der Waals surface area contributed by atoms with E-state index in [4.69, 9.17) is 5.73 Å². The Morgan fingerprint density at radius 1 is 1.50 bits per heavy atom. The number of nitrogens with zero attached hydrogens (tertiary/aromatic N) is 1. The molecule has 2 N–H and O–H groups in total. The van der Waals surface area contributed by atoms with E-state index in [9.17, 15) is 4.39 Å². The maximum atomic E-state index is 13.5. The summed E-state index contributed by atoms with van der Waals surface area (Å²) >= 11 is 0. The standard InChI is InChI=1S/C11H17FN2/c1-11(2,12)10-8-9(4-3-6-13)5-7-14-10/h5,7-8H,3-4,6,13H2,1-2H3. The molecule has 0 spiro atoms. The number of pyridine rings is 1. The average molecular weight is 196 g/mol. The molecule has 0 saturated carbocycles. The van der Waals surface area contributed by atoms with Crippen molar-refractivity contribution >= 4 is 0 Å². The van der Waals surface area contributed by atoms with Gasteiger partial charge in [0.1, 0.15) is 5.67 Å². The number of aromatic nitrogens is 1. The quantitative estimate of drug-likeness (QED) is 0.801. The molecule has 14 heavy (non-hydrogen) atoms. The SMILES string of the molecule is CC(C)(F)c1cc(CCCN)ccn1. The van der Waals surface area contributed by atoms with Crippen LogP contribution in [-0.2, 0) is 12.1 Å². The van der Waals surface area contributed by atoms with E-state index in [2.05, 4.69) is 4.98 Å². The molecule has 0 aliphatic heterocycles. The van der Waals surface area contributed by atoms with Gasteiger partial charge in [0.2, 0.25) is 0 Å². The van der Waals surface area contributed by atoms with E-state index >= 15 is 0 Å². The van der Waals surface area contributed by atoms with Gasteiger partial charge in [-0.25, -0.2) is 4.39 Å². The van der Waals surface area contributed by atoms with Crippen LogP contribution in [-0.4, -0.2) is 11.5 Å². The van der Waals surface area contributed by atoms with Crippen LogP contribution in [0.4, 0.5) is 4.39 Å². The molecule has 0 atom stereocenters. The maximum Gasteiger partial charge on any atom is 0.147 e. The summed E-state index contributed by atoms with van der Waals surface area (Å²) in [4.78, 5) is 4.01. The number of alkyl halides is 1. The molecule has 1 rings (SSSR count). The van der Waals surface area contributed by atoms with Crippen LogP contribution in [0.3, 0.4) is 0 Å². The predicted molar refractivity (Wildman–Crippen MR) is 55.7 cm³/mol. The Hall–Kier alpha value is -0.960. The third kappa shape index (κ3) is 3.07. The normalized spacial score (nSPS) is 11.7. The molecule has 0 bridgehead atoms. The molecule has 3 heteroatoms. The Morgan fingerprint density at radius 2 is 2.21 bits per heavy atom. The van der Waals surface area contributed by atoms with E-state index in [0.29, 0.717) is 12.2 Å². The van der Waals surface area contributed by atoms with E-state index in [1.807, 2.05) is 12.1 Å². The number of aryl methyl sites for hydroxylation is 1. The Bertz CT molecular complexity index is 292. The summed E-state index contributed by atoms with van der Waals surface area (Å²) in [5, 5.41) is 0. The van der Waals surface area contributed by atoms with Gasteiger partial charge >= 0.3 is 0 Å². The minimum Gasteiger partial charge on any atom is -0.330 e. The molecule has 0 radical (unpaired) electrons. The van der Waals surface area contributed by atoms with Crippen LogP contribution in [0.1, 0.15) is 31.5 Å². The van der Waals surface area contributed by atoms with Crippen LogP contribution < -0.4 is 5.73 Å². The van der Waals surface area contributed by atoms with E-state index < -0.39 is 5.67 Å². The minimum absolute atomic E-state index is 0.493. The van der Waals surface area contributed by atoms with E-state index in [-0.39, 0.29) is 0 Å². The van der Waals surface area contributed by atoms with Gasteiger partial charge in [-0.15, -0.1) is 0 Å². The lowest BCUT2D eigenvalue weighted by molar-refractivity contribution is 0.214. The van der Waals surface area contributed by atoms with Crippen molar-refractivity contribution in [2.24, 2.45) is 5.73 Å². The lowest BCUT2D eigenvalue weighted by Crippen LogP contribution is -2.12. The van der Waals surface area contributed by atoms with Gasteiger partial charge in [0.15, 0.2) is 0 Å². The Labute approximate surface area is 84.3 Å². The summed E-state index contributed by atoms with van der Waals surface area (Å²) in [5.41, 5.74) is 5.64. The molecule has 1 aromatic rings. The van der Waals surface area contributed by atoms with Crippen molar-refractivity contribution in [3.63, 3.8) is 0 Å². The van der Waals surface area contributed by atoms with Crippen molar-refractivity contribution in [1.82, 2.24) is 4.98 Å². The molecular formula is C11H17FN2. The second-order valence-electron chi connectivity index (χ2n) is 3.91. The first-order valence-electron chi connectivity index (χ1n) is 4.88. The zero-order chi connectivity index (χ0) is 10.6. The van der Waals surface area contributed by atoms with Gasteiger partial charge in [0.05, 0.1) is 5.69 Å². The maximum absolute atomic E-state index is 13.5. The molecule has 0 aromatic carbocycles. The highest BCUT2D eigenvalue weighted by Gasteiger charge is 2.20. The Morgan fingerprint density at radius 3 is 2.79 bits per heavy atom. The van der Waals surface area contributed by atoms with E-state index in [1.54, 1.807) is 6.20 Å². The summed E-state index contributed by atoms with van der Waals surface area (Å²) < 4.78 is 13.5. The molecule has 0 aliphatic carbocycles. The Kier molecular flexibility index (Phi) is 3.58. The van der Waals surface area contributed by atoms with Gasteiger partial charge in [-0.05, 0) is 50.9 Å². The highest BCUT2D eigenvalue weighted by molar-refractivity contribution is 5.20. The highest BCUT2D eigenvalue weighted by Crippen LogP contribution is 2.22. The summed E-state index contributed by atoms with van der Waals surface area (Å²) in [6, 6.07) is 3.72. The summed E-state index contributed by atoms with van der Waals surface area (Å²) in [6.45, 7) is 3.70. The second kappa shape index (κ2) is 4.51. The Balaban J connectivity index is 2.79. The first-order valence-corrected chi connectivity index (χ1v) is 4.88. The largest absolute Gasteiger partial charge is 0.330 e. The fourth-order valence-corrected chi connectivity index (χ4v) is 1.26. The van der Waals surface area contributed by atoms with Gasteiger partial charge in [-0.1, -0.05) is 0 Å². The van der Waals surface area contributed by atoms with Crippen molar-refractivity contribution in [2.45, 2.75) is 32.4 Å². The van der Waals surface area contributed by atoms with Crippen molar-refractivity contribution in [3.05, 3.63) is 29.6 Å². The van der Waals surface area contributed by atoms with Gasteiger partial charge in [-0.3, -0.25) is 4.98 Å². The van der Waals surface area contributed by atoms with Gasteiger partial charge in [0, 0.05) is 6.20 Å². The number of halogens is 1. The van der Waals surface area contributed by atoms with Crippen molar-refractivity contribution < 1.29 is 4.39 Å². The molecule has 78 valence electrons. The molecule has 1 heterocycles. The molecule has 0 aliphatic rings. The number of hydrogen-bond donors (Lipinski definition) is 1. The van der Waals surface area contributed by atoms with Gasteiger partial charge in [-0.2, -0.15) is 0 Å². The van der Waals surface area contributed by atoms with Crippen molar-refractivity contribution in [1.29, 1.82) is 0 Å². The number of nitrogens with two attached hydrogens (primary N) is 1. The number of hydrogen-bond acceptors (Lipinski definition) is 2. The van der Waals surface area contributed by atoms with Gasteiger partial charge in [0.25, 0.3) is 0 Å². The molecule has 2 nitrogen and oxygen atoms in total. The van der Waals surface area contributed by atoms with Crippen LogP contribution in [0.2, 0.25) is 0 Å². The number of rotatable bonds is 4. The third-order valence-corrected chi connectivity index (χ3v) is 2.10. The second-order valence-corrected chi connectivity index (χ2v) is 3.91. The zero-order valence-electron chi connectivity index (χ0n) is 8.76. The summed E-state index contributed by atoms with van der Waals surface area (Å²) in [7, 11) is 0. The van der Waals surface area contributed by atoms with Crippen molar-refractivity contribution in [3.8, 4) is 0 Å². The molecule has 0 saturated heterocycles. The van der Waals surface area contributed by atoms with Crippen LogP contribution >= 0.6 is 0 Å². The van der Waals surface area contributed by atoms with Gasteiger partial charge < -0.3 is 5.73 Å². The van der Waals surface area contributed by atoms with E-state index in [1.165, 1.54) is 13.8 Å². The summed E-state index contributed by atoms with van der Waals surface area (Å²) in [5.74, 6) is 0. The fourth-order valence-electron chi connectivity index (χ4n) is 1.26. The van der Waals surface area contributed by atoms with Crippen LogP contribution in [0.15, 0.2) is 18.3 Å². The fraction of sp³-hybridized carbons (Fsp3) is 0.545. The molecule has 0 amide bonds. The minimum atomic E-state index is -1.36. The molecule has 1 aromatic heterocycles. The van der Waals surface area contributed by atoms with Crippen LogP contribution in [0.5, 0.6) is 0 Å². The molecular weight excluding hydrogens is 179 g/mol. The lowest BCUT2D eigenvalue weighted by Gasteiger charge is -2.14. The van der Waals surface area contributed by atoms with Crippen LogP contribution in [0, 0.1) is 0 Å². The molecule has 0 fully saturated rings. The molecule has 0 unspecified atom stereocenters. The first-order chi connectivity index (χ1) is 6.54. The highest BCUT2D eigenvalue weighted by atomic mass is 19.1. The smallest absolute Gasteiger partial charge is 0.147 e. The lowest BCUT2D eigenvalue weighted by atomic mass is 10.0.